The van der Waals surface area contributed by atoms with Crippen molar-refractivity contribution in [3.8, 4) is 0 Å². The van der Waals surface area contributed by atoms with Gasteiger partial charge in [0.1, 0.15) is 0 Å². The highest BCUT2D eigenvalue weighted by molar-refractivity contribution is 9.10. The van der Waals surface area contributed by atoms with Gasteiger partial charge in [0.25, 0.3) is 15.0 Å². The largest absolute Gasteiger partial charge is 0.352 e. The number of halogens is 2. The van der Waals surface area contributed by atoms with Crippen LogP contribution in [0.4, 0.5) is 0 Å². The van der Waals surface area contributed by atoms with Crippen molar-refractivity contribution in [1.29, 1.82) is 0 Å². The van der Waals surface area contributed by atoms with E-state index < -0.39 is 9.05 Å². The summed E-state index contributed by atoms with van der Waals surface area (Å²) in [7, 11) is 1.49. The van der Waals surface area contributed by atoms with Gasteiger partial charge in [-0.2, -0.15) is 0 Å². The van der Waals surface area contributed by atoms with Crippen LogP contribution in [0.25, 0.3) is 0 Å². The Morgan fingerprint density at radius 2 is 2.05 bits per heavy atom. The zero-order chi connectivity index (χ0) is 16.0. The first kappa shape index (κ1) is 16.8. The van der Waals surface area contributed by atoms with E-state index in [4.69, 9.17) is 10.7 Å². The third-order valence-corrected chi connectivity index (χ3v) is 6.63. The SMILES string of the molecule is Cc1cc(C(=O)NCC2CC2(C)C)cc(S(=O)(=O)Cl)c1Br. The standard InChI is InChI=1S/C14H17BrClNO3S/c1-8-4-9(5-11(12(8)15)21(16,19)20)13(18)17-7-10-6-14(10,2)3/h4-5,10H,6-7H2,1-3H3,(H,17,18). The third kappa shape index (κ3) is 3.79. The van der Waals surface area contributed by atoms with Crippen molar-refractivity contribution in [1.82, 2.24) is 5.32 Å². The molecule has 0 heterocycles. The summed E-state index contributed by atoms with van der Waals surface area (Å²) in [6.07, 6.45) is 1.09. The topological polar surface area (TPSA) is 63.2 Å². The summed E-state index contributed by atoms with van der Waals surface area (Å²) in [5.41, 5.74) is 1.23. The maximum Gasteiger partial charge on any atom is 0.262 e. The van der Waals surface area contributed by atoms with E-state index >= 15 is 0 Å². The van der Waals surface area contributed by atoms with Crippen LogP contribution in [0.2, 0.25) is 0 Å². The van der Waals surface area contributed by atoms with Gasteiger partial charge in [-0.3, -0.25) is 4.79 Å². The Balaban J connectivity index is 2.20. The Kier molecular flexibility index (Phi) is 4.44. The first-order valence-electron chi connectivity index (χ1n) is 6.55. The molecule has 1 aromatic carbocycles. The van der Waals surface area contributed by atoms with Crippen LogP contribution in [-0.2, 0) is 9.05 Å². The normalized spacial score (nSPS) is 20.1. The zero-order valence-corrected chi connectivity index (χ0v) is 15.2. The second-order valence-corrected chi connectivity index (χ2v) is 9.47. The van der Waals surface area contributed by atoms with Gasteiger partial charge >= 0.3 is 0 Å². The highest BCUT2D eigenvalue weighted by Crippen LogP contribution is 2.51. The molecule has 0 aromatic heterocycles. The number of carbonyl (C=O) groups is 1. The quantitative estimate of drug-likeness (QED) is 0.795. The second kappa shape index (κ2) is 5.56. The molecular weight excluding hydrogens is 378 g/mol. The van der Waals surface area contributed by atoms with Crippen LogP contribution in [-0.4, -0.2) is 20.9 Å². The van der Waals surface area contributed by atoms with Crippen LogP contribution < -0.4 is 5.32 Å². The molecule has 1 N–H and O–H groups in total. The predicted octanol–water partition coefficient (Wildman–Crippen LogP) is 3.46. The van der Waals surface area contributed by atoms with E-state index in [1.807, 2.05) is 0 Å². The molecule has 1 atom stereocenters. The Labute approximate surface area is 137 Å². The number of nitrogens with one attached hydrogen (secondary N) is 1. The van der Waals surface area contributed by atoms with E-state index in [9.17, 15) is 13.2 Å². The minimum Gasteiger partial charge on any atom is -0.352 e. The Morgan fingerprint density at radius 1 is 1.48 bits per heavy atom. The van der Waals surface area contributed by atoms with Gasteiger partial charge in [0.05, 0.1) is 4.90 Å². The van der Waals surface area contributed by atoms with Crippen molar-refractivity contribution < 1.29 is 13.2 Å². The number of carbonyl (C=O) groups excluding carboxylic acids is 1. The van der Waals surface area contributed by atoms with Gasteiger partial charge in [0.2, 0.25) is 0 Å². The Morgan fingerprint density at radius 3 is 2.52 bits per heavy atom. The molecule has 1 aliphatic rings. The molecule has 1 amide bonds. The molecule has 0 aliphatic heterocycles. The molecule has 0 saturated heterocycles. The fraction of sp³-hybridized carbons (Fsp3) is 0.500. The number of benzene rings is 1. The average molecular weight is 395 g/mol. The minimum atomic E-state index is -3.90. The van der Waals surface area contributed by atoms with Crippen molar-refractivity contribution >= 4 is 41.6 Å². The molecule has 0 bridgehead atoms. The Hall–Kier alpha value is -0.590. The summed E-state index contributed by atoms with van der Waals surface area (Å²) in [6.45, 7) is 6.64. The molecule has 1 unspecified atom stereocenters. The molecule has 21 heavy (non-hydrogen) atoms. The van der Waals surface area contributed by atoms with Crippen LogP contribution in [0.1, 0.15) is 36.2 Å². The van der Waals surface area contributed by atoms with Crippen molar-refractivity contribution in [3.05, 3.63) is 27.7 Å². The van der Waals surface area contributed by atoms with Gasteiger partial charge < -0.3 is 5.32 Å². The molecule has 1 fully saturated rings. The average Bonchev–Trinajstić information content (AvgIpc) is 2.95. The fourth-order valence-electron chi connectivity index (χ4n) is 2.29. The highest BCUT2D eigenvalue weighted by Gasteiger charge is 2.45. The van der Waals surface area contributed by atoms with Crippen LogP contribution in [0, 0.1) is 18.3 Å². The number of hydrogen-bond donors (Lipinski definition) is 1. The summed E-state index contributed by atoms with van der Waals surface area (Å²) in [5, 5.41) is 2.85. The number of hydrogen-bond acceptors (Lipinski definition) is 3. The molecular formula is C14H17BrClNO3S. The van der Waals surface area contributed by atoms with Gasteiger partial charge in [0, 0.05) is 27.3 Å². The molecule has 1 saturated carbocycles. The maximum absolute atomic E-state index is 12.2. The minimum absolute atomic E-state index is 0.0823. The summed E-state index contributed by atoms with van der Waals surface area (Å²) in [6, 6.07) is 2.94. The van der Waals surface area contributed by atoms with Gasteiger partial charge in [-0.05, 0) is 58.3 Å². The van der Waals surface area contributed by atoms with Crippen molar-refractivity contribution in [2.45, 2.75) is 32.1 Å². The lowest BCUT2D eigenvalue weighted by Crippen LogP contribution is -2.26. The van der Waals surface area contributed by atoms with Crippen LogP contribution in [0.3, 0.4) is 0 Å². The number of rotatable bonds is 4. The molecule has 1 aromatic rings. The van der Waals surface area contributed by atoms with E-state index in [1.54, 1.807) is 13.0 Å². The lowest BCUT2D eigenvalue weighted by molar-refractivity contribution is 0.0950. The van der Waals surface area contributed by atoms with Gasteiger partial charge in [-0.1, -0.05) is 13.8 Å². The summed E-state index contributed by atoms with van der Waals surface area (Å²) < 4.78 is 23.5. The molecule has 4 nitrogen and oxygen atoms in total. The molecule has 2 rings (SSSR count). The molecule has 0 radical (unpaired) electrons. The zero-order valence-electron chi connectivity index (χ0n) is 12.0. The number of amides is 1. The van der Waals surface area contributed by atoms with E-state index in [-0.39, 0.29) is 16.2 Å². The van der Waals surface area contributed by atoms with Crippen molar-refractivity contribution in [3.63, 3.8) is 0 Å². The molecule has 7 heteroatoms. The van der Waals surface area contributed by atoms with Crippen LogP contribution in [0.5, 0.6) is 0 Å². The third-order valence-electron chi connectivity index (χ3n) is 3.97. The maximum atomic E-state index is 12.2. The summed E-state index contributed by atoms with van der Waals surface area (Å²) in [5.74, 6) is 0.198. The molecule has 1 aliphatic carbocycles. The lowest BCUT2D eigenvalue weighted by atomic mass is 10.1. The molecule has 116 valence electrons. The van der Waals surface area contributed by atoms with E-state index in [0.29, 0.717) is 28.1 Å². The summed E-state index contributed by atoms with van der Waals surface area (Å²) in [4.78, 5) is 12.1. The van der Waals surface area contributed by atoms with E-state index in [2.05, 4.69) is 35.1 Å². The van der Waals surface area contributed by atoms with Gasteiger partial charge in [-0.25, -0.2) is 8.42 Å². The van der Waals surface area contributed by atoms with Crippen LogP contribution in [0.15, 0.2) is 21.5 Å². The smallest absolute Gasteiger partial charge is 0.262 e. The number of aryl methyl sites for hydroxylation is 1. The van der Waals surface area contributed by atoms with Crippen molar-refractivity contribution in [2.24, 2.45) is 11.3 Å². The van der Waals surface area contributed by atoms with E-state index in [0.717, 1.165) is 6.42 Å². The second-order valence-electron chi connectivity index (χ2n) is 6.14. The van der Waals surface area contributed by atoms with Crippen molar-refractivity contribution in [2.75, 3.05) is 6.54 Å². The first-order valence-corrected chi connectivity index (χ1v) is 9.65. The Bertz CT molecular complexity index is 700. The van der Waals surface area contributed by atoms with Gasteiger partial charge in [-0.15, -0.1) is 0 Å². The first-order chi connectivity index (χ1) is 9.52. The predicted molar refractivity (Wildman–Crippen MR) is 86.1 cm³/mol. The monoisotopic (exact) mass is 393 g/mol. The fourth-order valence-corrected chi connectivity index (χ4v) is 4.44. The highest BCUT2D eigenvalue weighted by atomic mass is 79.9. The summed E-state index contributed by atoms with van der Waals surface area (Å²) >= 11 is 3.19. The molecule has 0 spiro atoms. The van der Waals surface area contributed by atoms with E-state index in [1.165, 1.54) is 6.07 Å². The van der Waals surface area contributed by atoms with Crippen LogP contribution >= 0.6 is 26.6 Å². The lowest BCUT2D eigenvalue weighted by Gasteiger charge is -2.10. The van der Waals surface area contributed by atoms with Gasteiger partial charge in [0.15, 0.2) is 0 Å².